The number of carbonyl (C=O) groups excluding carboxylic acids is 6. The summed E-state index contributed by atoms with van der Waals surface area (Å²) >= 11 is 0. The summed E-state index contributed by atoms with van der Waals surface area (Å²) in [5.74, 6) is -3.03. The third-order valence-corrected chi connectivity index (χ3v) is 13.1. The predicted octanol–water partition coefficient (Wildman–Crippen LogP) is 3.77. The van der Waals surface area contributed by atoms with Crippen LogP contribution in [0.2, 0.25) is 0 Å². The summed E-state index contributed by atoms with van der Waals surface area (Å²) in [6, 6.07) is -2.73. The molecule has 13 nitrogen and oxygen atoms in total. The number of piperidine rings is 1. The van der Waals surface area contributed by atoms with E-state index < -0.39 is 59.4 Å². The maximum absolute atomic E-state index is 14.8. The molecule has 5 aliphatic rings. The van der Waals surface area contributed by atoms with Crippen LogP contribution in [0.15, 0.2) is 0 Å². The second kappa shape index (κ2) is 15.5. The maximum Gasteiger partial charge on any atom is 0.356 e. The molecular formula is C40H59N5O8. The normalized spacial score (nSPS) is 28.3. The van der Waals surface area contributed by atoms with E-state index >= 15 is 0 Å². The summed E-state index contributed by atoms with van der Waals surface area (Å²) < 4.78 is 6.03. The highest BCUT2D eigenvalue weighted by Gasteiger charge is 2.62. The van der Waals surface area contributed by atoms with Crippen molar-refractivity contribution < 1.29 is 38.6 Å². The number of hydrogen-bond donors (Lipinski definition) is 5. The standard InChI is InChI=1S/C40H59N5O8/c1-7-12-27(32(47)36(49)42-25-17-18-25)43-35(48)28-19-24-15-11-16-26-31(24)45(28)38(51)34(40(26,5)6)44-37(50)33(23-13-9-8-10-14-23)53-39(52)30-29(22(4)46)20(2)21(3)41-30/h23-28,31-34,41,47H,7-19H2,1-6H3,(H,42,49)(H,43,48)(H,44,50)/t24?,26?,27-,28-,31?,32?,33-,34+/m0/s1. The first-order valence-electron chi connectivity index (χ1n) is 20.0. The maximum atomic E-state index is 14.8. The molecule has 6 rings (SSSR count). The first kappa shape index (κ1) is 39.0. The number of aliphatic hydroxyl groups excluding tert-OH is 1. The van der Waals surface area contributed by atoms with Crippen molar-refractivity contribution in [3.8, 4) is 0 Å². The summed E-state index contributed by atoms with van der Waals surface area (Å²) in [5.41, 5.74) is 0.911. The Morgan fingerprint density at radius 2 is 1.66 bits per heavy atom. The molecule has 2 aliphatic heterocycles. The van der Waals surface area contributed by atoms with E-state index in [0.717, 1.165) is 51.4 Å². The van der Waals surface area contributed by atoms with E-state index in [-0.39, 0.29) is 52.8 Å². The van der Waals surface area contributed by atoms with E-state index in [4.69, 9.17) is 4.74 Å². The molecular weight excluding hydrogens is 678 g/mol. The molecule has 53 heavy (non-hydrogen) atoms. The van der Waals surface area contributed by atoms with Crippen molar-refractivity contribution in [2.24, 2.45) is 23.2 Å². The highest BCUT2D eigenvalue weighted by molar-refractivity contribution is 6.06. The Labute approximate surface area is 312 Å². The van der Waals surface area contributed by atoms with Crippen molar-refractivity contribution in [3.63, 3.8) is 0 Å². The number of ketones is 1. The number of Topliss-reactive ketones (excluding diaryl/α,β-unsaturated/α-hetero) is 1. The van der Waals surface area contributed by atoms with E-state index in [9.17, 15) is 33.9 Å². The summed E-state index contributed by atoms with van der Waals surface area (Å²) in [6.07, 6.45) is 7.42. The molecule has 5 N–H and O–H groups in total. The van der Waals surface area contributed by atoms with Gasteiger partial charge >= 0.3 is 5.97 Å². The van der Waals surface area contributed by atoms with Crippen LogP contribution >= 0.6 is 0 Å². The van der Waals surface area contributed by atoms with Gasteiger partial charge in [-0.05, 0) is 95.0 Å². The molecule has 1 aromatic rings. The van der Waals surface area contributed by atoms with Crippen LogP contribution < -0.4 is 16.0 Å². The zero-order chi connectivity index (χ0) is 38.4. The lowest BCUT2D eigenvalue weighted by molar-refractivity contribution is -0.161. The second-order valence-corrected chi connectivity index (χ2v) is 17.1. The van der Waals surface area contributed by atoms with Gasteiger partial charge in [-0.2, -0.15) is 0 Å². The van der Waals surface area contributed by atoms with E-state index in [1.165, 1.54) is 6.92 Å². The molecule has 3 heterocycles. The fraction of sp³-hybridized carbons (Fsp3) is 0.750. The number of amides is 4. The molecule has 0 aromatic carbocycles. The van der Waals surface area contributed by atoms with Crippen LogP contribution in [0.4, 0.5) is 0 Å². The lowest BCUT2D eigenvalue weighted by Crippen LogP contribution is -2.70. The molecule has 0 radical (unpaired) electrons. The largest absolute Gasteiger partial charge is 0.447 e. The van der Waals surface area contributed by atoms with Gasteiger partial charge in [-0.15, -0.1) is 0 Å². The number of aliphatic hydroxyl groups is 1. The van der Waals surface area contributed by atoms with Crippen molar-refractivity contribution >= 4 is 35.4 Å². The van der Waals surface area contributed by atoms with Gasteiger partial charge in [0.25, 0.3) is 11.8 Å². The molecule has 2 saturated heterocycles. The molecule has 8 atom stereocenters. The third kappa shape index (κ3) is 7.64. The Kier molecular flexibility index (Phi) is 11.4. The summed E-state index contributed by atoms with van der Waals surface area (Å²) in [6.45, 7) is 10.8. The quantitative estimate of drug-likeness (QED) is 0.150. The molecule has 3 saturated carbocycles. The number of aryl methyl sites for hydroxylation is 1. The van der Waals surface area contributed by atoms with E-state index in [0.29, 0.717) is 43.4 Å². The van der Waals surface area contributed by atoms with Crippen molar-refractivity contribution in [3.05, 3.63) is 22.5 Å². The van der Waals surface area contributed by atoms with Crippen molar-refractivity contribution in [1.29, 1.82) is 0 Å². The lowest BCUT2D eigenvalue weighted by Gasteiger charge is -2.55. The number of H-pyrrole nitrogens is 1. The van der Waals surface area contributed by atoms with Gasteiger partial charge in [0.15, 0.2) is 18.0 Å². The van der Waals surface area contributed by atoms with Gasteiger partial charge < -0.3 is 35.7 Å². The first-order chi connectivity index (χ1) is 25.1. The minimum Gasteiger partial charge on any atom is -0.447 e. The number of nitrogens with one attached hydrogen (secondary N) is 4. The molecule has 4 amide bonds. The van der Waals surface area contributed by atoms with Crippen LogP contribution in [0.3, 0.4) is 0 Å². The number of aromatic amines is 1. The Morgan fingerprint density at radius 1 is 0.962 bits per heavy atom. The fourth-order valence-electron chi connectivity index (χ4n) is 9.94. The average molecular weight is 738 g/mol. The van der Waals surface area contributed by atoms with Crippen LogP contribution in [0, 0.1) is 37.0 Å². The highest BCUT2D eigenvalue weighted by Crippen LogP contribution is 2.54. The van der Waals surface area contributed by atoms with Gasteiger partial charge in [-0.3, -0.25) is 24.0 Å². The lowest BCUT2D eigenvalue weighted by atomic mass is 9.60. The average Bonchev–Trinajstić information content (AvgIpc) is 3.77. The van der Waals surface area contributed by atoms with Gasteiger partial charge in [0.1, 0.15) is 17.8 Å². The van der Waals surface area contributed by atoms with Crippen LogP contribution in [0.25, 0.3) is 0 Å². The molecule has 292 valence electrons. The molecule has 4 unspecified atom stereocenters. The van der Waals surface area contributed by atoms with E-state index in [1.807, 2.05) is 20.8 Å². The molecule has 0 spiro atoms. The molecule has 3 aliphatic carbocycles. The summed E-state index contributed by atoms with van der Waals surface area (Å²) in [4.78, 5) is 87.0. The van der Waals surface area contributed by atoms with Gasteiger partial charge in [0, 0.05) is 23.7 Å². The summed E-state index contributed by atoms with van der Waals surface area (Å²) in [7, 11) is 0. The summed E-state index contributed by atoms with van der Waals surface area (Å²) in [5, 5.41) is 19.8. The first-order valence-corrected chi connectivity index (χ1v) is 20.0. The Hall–Kier alpha value is -3.74. The van der Waals surface area contributed by atoms with E-state index in [1.54, 1.807) is 18.7 Å². The van der Waals surface area contributed by atoms with Crippen LogP contribution in [-0.2, 0) is 23.9 Å². The minimum absolute atomic E-state index is 0.00192. The van der Waals surface area contributed by atoms with Crippen LogP contribution in [0.5, 0.6) is 0 Å². The Bertz CT molecular complexity index is 1610. The van der Waals surface area contributed by atoms with E-state index in [2.05, 4.69) is 20.9 Å². The molecule has 1 aromatic heterocycles. The minimum atomic E-state index is -1.41. The number of rotatable bonds is 13. The zero-order valence-corrected chi connectivity index (χ0v) is 32.2. The Balaban J connectivity index is 1.25. The fourth-order valence-corrected chi connectivity index (χ4v) is 9.94. The van der Waals surface area contributed by atoms with Crippen molar-refractivity contribution in [2.45, 2.75) is 167 Å². The molecule has 5 fully saturated rings. The van der Waals surface area contributed by atoms with Gasteiger partial charge in [-0.1, -0.05) is 52.9 Å². The number of ether oxygens (including phenoxy) is 1. The highest BCUT2D eigenvalue weighted by atomic mass is 16.5. The predicted molar refractivity (Wildman–Crippen MR) is 196 cm³/mol. The number of hydrogen-bond acceptors (Lipinski definition) is 8. The number of nitrogens with zero attached hydrogens (tertiary/aromatic N) is 1. The second-order valence-electron chi connectivity index (χ2n) is 17.1. The smallest absolute Gasteiger partial charge is 0.356 e. The van der Waals surface area contributed by atoms with Crippen molar-refractivity contribution in [1.82, 2.24) is 25.8 Å². The number of carbonyl (C=O) groups is 6. The zero-order valence-electron chi connectivity index (χ0n) is 32.2. The van der Waals surface area contributed by atoms with Crippen LogP contribution in [0.1, 0.15) is 143 Å². The van der Waals surface area contributed by atoms with Gasteiger partial charge in [0.05, 0.1) is 11.6 Å². The Morgan fingerprint density at radius 3 is 2.30 bits per heavy atom. The number of aromatic nitrogens is 1. The van der Waals surface area contributed by atoms with Gasteiger partial charge in [0.2, 0.25) is 11.8 Å². The topological polar surface area (TPSA) is 187 Å². The molecule has 13 heteroatoms. The third-order valence-electron chi connectivity index (χ3n) is 13.1. The number of esters is 1. The van der Waals surface area contributed by atoms with Crippen LogP contribution in [-0.4, -0.2) is 92.8 Å². The monoisotopic (exact) mass is 737 g/mol. The SMILES string of the molecule is CCC[C@H](NC(=O)[C@@H]1CC2CCCC3C2N1C(=O)[C@@H](NC(=O)[C@@H](OC(=O)c1[nH]c(C)c(C)c1C(C)=O)C1CCCCC1)C3(C)C)C(O)C(=O)NC1CC1. The van der Waals surface area contributed by atoms with Crippen molar-refractivity contribution in [2.75, 3.05) is 0 Å². The molecule has 0 bridgehead atoms. The van der Waals surface area contributed by atoms with Gasteiger partial charge in [-0.25, -0.2) is 4.79 Å².